The van der Waals surface area contributed by atoms with Gasteiger partial charge in [0.2, 0.25) is 0 Å². The molecule has 2 rings (SSSR count). The van der Waals surface area contributed by atoms with Crippen LogP contribution in [-0.4, -0.2) is 11.7 Å². The Morgan fingerprint density at radius 2 is 1.80 bits per heavy atom. The maximum Gasteiger partial charge on any atom is 0.126 e. The standard InChI is InChI=1S/C16H17F2NO/c1-11-3-2-4-13(5-11)16(20)10-19-9-12-6-14(17)8-15(18)7-12/h2-8,16,19-20H,9-10H2,1H3. The number of rotatable bonds is 5. The summed E-state index contributed by atoms with van der Waals surface area (Å²) in [5.74, 6) is -1.19. The topological polar surface area (TPSA) is 32.3 Å². The first kappa shape index (κ1) is 14.6. The lowest BCUT2D eigenvalue weighted by Crippen LogP contribution is -2.21. The molecule has 0 saturated heterocycles. The van der Waals surface area contributed by atoms with Crippen molar-refractivity contribution in [1.29, 1.82) is 0 Å². The van der Waals surface area contributed by atoms with Crippen LogP contribution in [0.15, 0.2) is 42.5 Å². The van der Waals surface area contributed by atoms with Crippen LogP contribution in [-0.2, 0) is 6.54 Å². The minimum absolute atomic E-state index is 0.303. The molecule has 2 N–H and O–H groups in total. The normalized spacial score (nSPS) is 12.4. The highest BCUT2D eigenvalue weighted by Crippen LogP contribution is 2.14. The molecule has 0 aliphatic rings. The SMILES string of the molecule is Cc1cccc(C(O)CNCc2cc(F)cc(F)c2)c1. The molecule has 0 heterocycles. The second-order valence-electron chi connectivity index (χ2n) is 4.84. The molecule has 0 aliphatic heterocycles. The summed E-state index contributed by atoms with van der Waals surface area (Å²) < 4.78 is 26.0. The van der Waals surface area contributed by atoms with Crippen molar-refractivity contribution in [2.45, 2.75) is 19.6 Å². The smallest absolute Gasteiger partial charge is 0.126 e. The second-order valence-corrected chi connectivity index (χ2v) is 4.84. The maximum atomic E-state index is 13.0. The first-order chi connectivity index (χ1) is 9.54. The van der Waals surface area contributed by atoms with Crippen molar-refractivity contribution in [2.75, 3.05) is 6.54 Å². The molecule has 0 amide bonds. The van der Waals surface area contributed by atoms with Crippen molar-refractivity contribution < 1.29 is 13.9 Å². The van der Waals surface area contributed by atoms with Gasteiger partial charge in [0.1, 0.15) is 11.6 Å². The zero-order chi connectivity index (χ0) is 14.5. The number of nitrogens with one attached hydrogen (secondary N) is 1. The van der Waals surface area contributed by atoms with E-state index in [4.69, 9.17) is 0 Å². The lowest BCUT2D eigenvalue weighted by molar-refractivity contribution is 0.174. The molecule has 0 aliphatic carbocycles. The van der Waals surface area contributed by atoms with Gasteiger partial charge in [0.15, 0.2) is 0 Å². The molecule has 20 heavy (non-hydrogen) atoms. The van der Waals surface area contributed by atoms with E-state index < -0.39 is 17.7 Å². The van der Waals surface area contributed by atoms with E-state index in [9.17, 15) is 13.9 Å². The van der Waals surface area contributed by atoms with Crippen LogP contribution in [0, 0.1) is 18.6 Å². The molecule has 106 valence electrons. The van der Waals surface area contributed by atoms with Crippen LogP contribution in [0.5, 0.6) is 0 Å². The van der Waals surface area contributed by atoms with Gasteiger partial charge in [-0.15, -0.1) is 0 Å². The third-order valence-corrected chi connectivity index (χ3v) is 3.02. The van der Waals surface area contributed by atoms with Gasteiger partial charge in [-0.05, 0) is 30.2 Å². The molecule has 0 fully saturated rings. The van der Waals surface area contributed by atoms with E-state index in [1.807, 2.05) is 31.2 Å². The Hall–Kier alpha value is -1.78. The zero-order valence-corrected chi connectivity index (χ0v) is 11.2. The number of aliphatic hydroxyl groups excluding tert-OH is 1. The van der Waals surface area contributed by atoms with Crippen LogP contribution < -0.4 is 5.32 Å². The van der Waals surface area contributed by atoms with Crippen molar-refractivity contribution in [3.05, 3.63) is 70.8 Å². The van der Waals surface area contributed by atoms with E-state index >= 15 is 0 Å². The van der Waals surface area contributed by atoms with E-state index in [2.05, 4.69) is 5.32 Å². The molecule has 0 aromatic heterocycles. The quantitative estimate of drug-likeness (QED) is 0.880. The van der Waals surface area contributed by atoms with Crippen LogP contribution >= 0.6 is 0 Å². The number of halogens is 2. The Kier molecular flexibility index (Phi) is 4.82. The molecule has 1 unspecified atom stereocenters. The molecule has 4 heteroatoms. The van der Waals surface area contributed by atoms with Crippen molar-refractivity contribution >= 4 is 0 Å². The molecule has 0 bridgehead atoms. The van der Waals surface area contributed by atoms with Gasteiger partial charge >= 0.3 is 0 Å². The average Bonchev–Trinajstić information content (AvgIpc) is 2.37. The van der Waals surface area contributed by atoms with Gasteiger partial charge in [-0.3, -0.25) is 0 Å². The van der Waals surface area contributed by atoms with Gasteiger partial charge in [0.05, 0.1) is 6.10 Å². The third kappa shape index (κ3) is 4.11. The fourth-order valence-electron chi connectivity index (χ4n) is 2.06. The Morgan fingerprint density at radius 3 is 2.45 bits per heavy atom. The highest BCUT2D eigenvalue weighted by Gasteiger charge is 2.07. The lowest BCUT2D eigenvalue weighted by Gasteiger charge is -2.13. The van der Waals surface area contributed by atoms with Crippen molar-refractivity contribution in [3.63, 3.8) is 0 Å². The van der Waals surface area contributed by atoms with E-state index in [-0.39, 0.29) is 0 Å². The number of benzene rings is 2. The van der Waals surface area contributed by atoms with Gasteiger partial charge in [-0.25, -0.2) is 8.78 Å². The fourth-order valence-corrected chi connectivity index (χ4v) is 2.06. The van der Waals surface area contributed by atoms with Gasteiger partial charge in [-0.1, -0.05) is 29.8 Å². The second kappa shape index (κ2) is 6.59. The van der Waals surface area contributed by atoms with Crippen LogP contribution in [0.2, 0.25) is 0 Å². The summed E-state index contributed by atoms with van der Waals surface area (Å²) in [6, 6.07) is 11.0. The molecule has 0 saturated carbocycles. The maximum absolute atomic E-state index is 13.0. The predicted octanol–water partition coefficient (Wildman–Crippen LogP) is 3.10. The molecular weight excluding hydrogens is 260 g/mol. The number of hydrogen-bond acceptors (Lipinski definition) is 2. The molecular formula is C16H17F2NO. The van der Waals surface area contributed by atoms with Crippen LogP contribution in [0.4, 0.5) is 8.78 Å². The third-order valence-electron chi connectivity index (χ3n) is 3.02. The van der Waals surface area contributed by atoms with E-state index in [1.54, 1.807) is 0 Å². The minimum Gasteiger partial charge on any atom is -0.387 e. The van der Waals surface area contributed by atoms with E-state index in [0.717, 1.165) is 17.2 Å². The summed E-state index contributed by atoms with van der Waals surface area (Å²) in [7, 11) is 0. The van der Waals surface area contributed by atoms with Crippen LogP contribution in [0.1, 0.15) is 22.8 Å². The Bertz CT molecular complexity index is 566. The predicted molar refractivity (Wildman–Crippen MR) is 74.2 cm³/mol. The minimum atomic E-state index is -0.645. The van der Waals surface area contributed by atoms with Crippen LogP contribution in [0.3, 0.4) is 0 Å². The summed E-state index contributed by atoms with van der Waals surface area (Å²) in [6.45, 7) is 2.58. The molecule has 2 aromatic rings. The van der Waals surface area contributed by atoms with Gasteiger partial charge in [-0.2, -0.15) is 0 Å². The van der Waals surface area contributed by atoms with Crippen LogP contribution in [0.25, 0.3) is 0 Å². The van der Waals surface area contributed by atoms with Crippen molar-refractivity contribution in [2.24, 2.45) is 0 Å². The molecule has 1 atom stereocenters. The van der Waals surface area contributed by atoms with Gasteiger partial charge in [0, 0.05) is 19.2 Å². The van der Waals surface area contributed by atoms with E-state index in [1.165, 1.54) is 12.1 Å². The largest absolute Gasteiger partial charge is 0.387 e. The highest BCUT2D eigenvalue weighted by molar-refractivity contribution is 5.24. The van der Waals surface area contributed by atoms with Gasteiger partial charge in [0.25, 0.3) is 0 Å². The first-order valence-electron chi connectivity index (χ1n) is 6.45. The van der Waals surface area contributed by atoms with Crippen molar-refractivity contribution in [1.82, 2.24) is 5.32 Å². The summed E-state index contributed by atoms with van der Waals surface area (Å²) in [6.07, 6.45) is -0.645. The molecule has 0 radical (unpaired) electrons. The Balaban J connectivity index is 1.89. The highest BCUT2D eigenvalue weighted by atomic mass is 19.1. The Labute approximate surface area is 117 Å². The Morgan fingerprint density at radius 1 is 1.10 bits per heavy atom. The summed E-state index contributed by atoms with van der Waals surface area (Å²) in [5.41, 5.74) is 2.41. The molecule has 2 nitrogen and oxygen atoms in total. The number of hydrogen-bond donors (Lipinski definition) is 2. The van der Waals surface area contributed by atoms with Gasteiger partial charge < -0.3 is 10.4 Å². The molecule has 0 spiro atoms. The monoisotopic (exact) mass is 277 g/mol. The summed E-state index contributed by atoms with van der Waals surface area (Å²) in [4.78, 5) is 0. The zero-order valence-electron chi connectivity index (χ0n) is 11.2. The lowest BCUT2D eigenvalue weighted by atomic mass is 10.1. The number of aryl methyl sites for hydroxylation is 1. The molecule has 2 aromatic carbocycles. The summed E-state index contributed by atoms with van der Waals surface area (Å²) >= 11 is 0. The average molecular weight is 277 g/mol. The van der Waals surface area contributed by atoms with E-state index in [0.29, 0.717) is 18.7 Å². The summed E-state index contributed by atoms with van der Waals surface area (Å²) in [5, 5.41) is 13.0. The fraction of sp³-hybridized carbons (Fsp3) is 0.250. The van der Waals surface area contributed by atoms with Crippen molar-refractivity contribution in [3.8, 4) is 0 Å². The first-order valence-corrected chi connectivity index (χ1v) is 6.45. The number of aliphatic hydroxyl groups is 1.